The average Bonchev–Trinajstić information content (AvgIpc) is 3.12. The third kappa shape index (κ3) is 3.93. The fourth-order valence-electron chi connectivity index (χ4n) is 2.49. The van der Waals surface area contributed by atoms with Crippen LogP contribution in [0.3, 0.4) is 0 Å². The second-order valence-electron chi connectivity index (χ2n) is 5.44. The highest BCUT2D eigenvalue weighted by molar-refractivity contribution is 7.08. The van der Waals surface area contributed by atoms with Crippen LogP contribution in [0.25, 0.3) is 0 Å². The maximum Gasteiger partial charge on any atom is 0.335 e. The normalized spacial score (nSPS) is 20.3. The van der Waals surface area contributed by atoms with E-state index in [4.69, 9.17) is 14.6 Å². The SMILES string of the molecule is O=C(O)c1ccc(O[C@@H]2COCC[C@H]2NC(=O)c2ccsc2)cc1. The summed E-state index contributed by atoms with van der Waals surface area (Å²) >= 11 is 1.47. The Kier molecular flexibility index (Phi) is 5.12. The Morgan fingerprint density at radius 1 is 1.21 bits per heavy atom. The predicted molar refractivity (Wildman–Crippen MR) is 88.8 cm³/mol. The van der Waals surface area contributed by atoms with Gasteiger partial charge in [0, 0.05) is 17.6 Å². The first kappa shape index (κ1) is 16.5. The van der Waals surface area contributed by atoms with Gasteiger partial charge in [-0.2, -0.15) is 11.3 Å². The molecule has 1 amide bonds. The van der Waals surface area contributed by atoms with Crippen molar-refractivity contribution in [3.63, 3.8) is 0 Å². The van der Waals surface area contributed by atoms with Gasteiger partial charge in [0.1, 0.15) is 11.9 Å². The molecule has 0 bridgehead atoms. The zero-order chi connectivity index (χ0) is 16.9. The van der Waals surface area contributed by atoms with Gasteiger partial charge in [0.15, 0.2) is 0 Å². The highest BCUT2D eigenvalue weighted by atomic mass is 32.1. The Morgan fingerprint density at radius 2 is 2.00 bits per heavy atom. The standard InChI is InChI=1S/C17H17NO5S/c19-16(12-6-8-24-10-12)18-14-5-7-22-9-15(14)23-13-3-1-11(2-4-13)17(20)21/h1-4,6,8,10,14-15H,5,7,9H2,(H,18,19)(H,20,21)/t14-,15-/m1/s1. The van der Waals surface area contributed by atoms with E-state index in [0.29, 0.717) is 30.9 Å². The fourth-order valence-corrected chi connectivity index (χ4v) is 3.13. The molecule has 1 aromatic heterocycles. The molecule has 2 aromatic rings. The minimum Gasteiger partial charge on any atom is -0.486 e. The van der Waals surface area contributed by atoms with E-state index in [0.717, 1.165) is 0 Å². The van der Waals surface area contributed by atoms with Gasteiger partial charge in [-0.25, -0.2) is 4.79 Å². The van der Waals surface area contributed by atoms with Crippen molar-refractivity contribution in [2.75, 3.05) is 13.2 Å². The molecule has 7 heteroatoms. The highest BCUT2D eigenvalue weighted by Crippen LogP contribution is 2.19. The number of carboxylic acid groups (broad SMARTS) is 1. The predicted octanol–water partition coefficient (Wildman–Crippen LogP) is 2.41. The molecule has 0 spiro atoms. The molecular formula is C17H17NO5S. The monoisotopic (exact) mass is 347 g/mol. The smallest absolute Gasteiger partial charge is 0.335 e. The molecule has 0 saturated carbocycles. The zero-order valence-corrected chi connectivity index (χ0v) is 13.6. The third-order valence-electron chi connectivity index (χ3n) is 3.79. The first-order valence-corrected chi connectivity index (χ1v) is 8.48. The number of thiophene rings is 1. The Balaban J connectivity index is 1.65. The number of rotatable bonds is 5. The van der Waals surface area contributed by atoms with Gasteiger partial charge >= 0.3 is 5.97 Å². The molecule has 2 heterocycles. The van der Waals surface area contributed by atoms with Crippen LogP contribution in [0.4, 0.5) is 0 Å². The van der Waals surface area contributed by atoms with Gasteiger partial charge in [-0.05, 0) is 42.1 Å². The molecule has 1 fully saturated rings. The van der Waals surface area contributed by atoms with E-state index in [1.54, 1.807) is 23.6 Å². The lowest BCUT2D eigenvalue weighted by Crippen LogP contribution is -2.51. The number of hydrogen-bond acceptors (Lipinski definition) is 5. The van der Waals surface area contributed by atoms with Crippen molar-refractivity contribution in [3.8, 4) is 5.75 Å². The number of ether oxygens (including phenoxy) is 2. The summed E-state index contributed by atoms with van der Waals surface area (Å²) in [6.45, 7) is 0.932. The Bertz CT molecular complexity index is 698. The summed E-state index contributed by atoms with van der Waals surface area (Å²) in [4.78, 5) is 23.1. The van der Waals surface area contributed by atoms with Crippen LogP contribution in [0.2, 0.25) is 0 Å². The minimum atomic E-state index is -0.983. The van der Waals surface area contributed by atoms with Crippen molar-refractivity contribution in [2.45, 2.75) is 18.6 Å². The molecule has 24 heavy (non-hydrogen) atoms. The molecule has 1 aromatic carbocycles. The van der Waals surface area contributed by atoms with Crippen molar-refractivity contribution in [1.29, 1.82) is 0 Å². The fraction of sp³-hybridized carbons (Fsp3) is 0.294. The van der Waals surface area contributed by atoms with Gasteiger partial charge in [0.05, 0.1) is 18.2 Å². The number of carbonyl (C=O) groups is 2. The van der Waals surface area contributed by atoms with E-state index < -0.39 is 5.97 Å². The number of benzene rings is 1. The highest BCUT2D eigenvalue weighted by Gasteiger charge is 2.29. The second-order valence-corrected chi connectivity index (χ2v) is 6.22. The summed E-state index contributed by atoms with van der Waals surface area (Å²) in [5, 5.41) is 15.6. The molecule has 1 aliphatic rings. The van der Waals surface area contributed by atoms with E-state index in [2.05, 4.69) is 5.32 Å². The molecule has 0 radical (unpaired) electrons. The number of carbonyl (C=O) groups excluding carboxylic acids is 1. The number of hydrogen-bond donors (Lipinski definition) is 2. The topological polar surface area (TPSA) is 84.9 Å². The molecule has 0 unspecified atom stereocenters. The van der Waals surface area contributed by atoms with E-state index in [-0.39, 0.29) is 23.6 Å². The summed E-state index contributed by atoms with van der Waals surface area (Å²) < 4.78 is 11.3. The van der Waals surface area contributed by atoms with Gasteiger partial charge in [0.2, 0.25) is 0 Å². The quantitative estimate of drug-likeness (QED) is 0.868. The first-order chi connectivity index (χ1) is 11.6. The Hall–Kier alpha value is -2.38. The number of carboxylic acids is 1. The average molecular weight is 347 g/mol. The van der Waals surface area contributed by atoms with Gasteiger partial charge in [0.25, 0.3) is 5.91 Å². The molecular weight excluding hydrogens is 330 g/mol. The summed E-state index contributed by atoms with van der Waals surface area (Å²) in [5.41, 5.74) is 0.834. The van der Waals surface area contributed by atoms with E-state index in [1.165, 1.54) is 23.5 Å². The number of aromatic carboxylic acids is 1. The number of nitrogens with one attached hydrogen (secondary N) is 1. The molecule has 126 valence electrons. The van der Waals surface area contributed by atoms with Crippen LogP contribution in [0, 0.1) is 0 Å². The van der Waals surface area contributed by atoms with Crippen molar-refractivity contribution >= 4 is 23.2 Å². The zero-order valence-electron chi connectivity index (χ0n) is 12.8. The van der Waals surface area contributed by atoms with Crippen LogP contribution < -0.4 is 10.1 Å². The van der Waals surface area contributed by atoms with Gasteiger partial charge < -0.3 is 19.9 Å². The van der Waals surface area contributed by atoms with Crippen molar-refractivity contribution < 1.29 is 24.2 Å². The molecule has 1 aliphatic heterocycles. The summed E-state index contributed by atoms with van der Waals surface area (Å²) in [7, 11) is 0. The molecule has 0 aliphatic carbocycles. The molecule has 2 N–H and O–H groups in total. The molecule has 6 nitrogen and oxygen atoms in total. The summed E-state index contributed by atoms with van der Waals surface area (Å²) in [6, 6.07) is 7.80. The second kappa shape index (κ2) is 7.46. The Labute approximate surface area is 143 Å². The number of amides is 1. The molecule has 2 atom stereocenters. The van der Waals surface area contributed by atoms with Crippen LogP contribution in [0.15, 0.2) is 41.1 Å². The van der Waals surface area contributed by atoms with E-state index in [9.17, 15) is 9.59 Å². The van der Waals surface area contributed by atoms with Gasteiger partial charge in [-0.3, -0.25) is 4.79 Å². The lowest BCUT2D eigenvalue weighted by Gasteiger charge is -2.32. The minimum absolute atomic E-state index is 0.127. The first-order valence-electron chi connectivity index (χ1n) is 7.54. The summed E-state index contributed by atoms with van der Waals surface area (Å²) in [6.07, 6.45) is 0.338. The van der Waals surface area contributed by atoms with E-state index in [1.807, 2.05) is 5.38 Å². The van der Waals surface area contributed by atoms with Crippen molar-refractivity contribution in [2.24, 2.45) is 0 Å². The molecule has 3 rings (SSSR count). The van der Waals surface area contributed by atoms with Gasteiger partial charge in [-0.1, -0.05) is 0 Å². The van der Waals surface area contributed by atoms with Crippen LogP contribution in [-0.2, 0) is 4.74 Å². The van der Waals surface area contributed by atoms with Crippen LogP contribution in [0.1, 0.15) is 27.1 Å². The Morgan fingerprint density at radius 3 is 2.67 bits per heavy atom. The maximum absolute atomic E-state index is 12.2. The van der Waals surface area contributed by atoms with Crippen molar-refractivity contribution in [3.05, 3.63) is 52.2 Å². The van der Waals surface area contributed by atoms with Gasteiger partial charge in [-0.15, -0.1) is 0 Å². The third-order valence-corrected chi connectivity index (χ3v) is 4.48. The molecule has 1 saturated heterocycles. The van der Waals surface area contributed by atoms with Crippen LogP contribution in [-0.4, -0.2) is 42.3 Å². The maximum atomic E-state index is 12.2. The summed E-state index contributed by atoms with van der Waals surface area (Å²) in [5.74, 6) is -0.563. The lowest BCUT2D eigenvalue weighted by atomic mass is 10.1. The lowest BCUT2D eigenvalue weighted by molar-refractivity contribution is -0.0135. The van der Waals surface area contributed by atoms with Crippen molar-refractivity contribution in [1.82, 2.24) is 5.32 Å². The van der Waals surface area contributed by atoms with Crippen LogP contribution in [0.5, 0.6) is 5.75 Å². The largest absolute Gasteiger partial charge is 0.486 e. The van der Waals surface area contributed by atoms with E-state index >= 15 is 0 Å². The van der Waals surface area contributed by atoms with Crippen LogP contribution >= 0.6 is 11.3 Å².